The topological polar surface area (TPSA) is 35.5 Å². The van der Waals surface area contributed by atoms with Gasteiger partial charge in [-0.25, -0.2) is 0 Å². The van der Waals surface area contributed by atoms with Crippen LogP contribution in [0.4, 0.5) is 13.2 Å². The molecule has 0 saturated carbocycles. The fourth-order valence-corrected chi connectivity index (χ4v) is 2.73. The van der Waals surface area contributed by atoms with Crippen molar-refractivity contribution in [1.82, 2.24) is 10.2 Å². The van der Waals surface area contributed by atoms with Crippen LogP contribution in [0.15, 0.2) is 24.3 Å². The van der Waals surface area contributed by atoms with E-state index < -0.39 is 11.7 Å². The molecule has 0 aliphatic carbocycles. The van der Waals surface area contributed by atoms with Crippen molar-refractivity contribution >= 4 is 12.4 Å². The summed E-state index contributed by atoms with van der Waals surface area (Å²) in [7, 11) is 0. The Morgan fingerprint density at radius 1 is 1.14 bits per heavy atom. The second-order valence-electron chi connectivity index (χ2n) is 5.29. The lowest BCUT2D eigenvalue weighted by Crippen LogP contribution is -2.45. The van der Waals surface area contributed by atoms with E-state index in [-0.39, 0.29) is 25.1 Å². The van der Waals surface area contributed by atoms with E-state index in [0.29, 0.717) is 6.42 Å². The summed E-state index contributed by atoms with van der Waals surface area (Å²) < 4.78 is 37.9. The maximum Gasteiger partial charge on any atom is 0.416 e. The third-order valence-corrected chi connectivity index (χ3v) is 3.85. The number of hydrogen-bond donors (Lipinski definition) is 2. The van der Waals surface area contributed by atoms with Crippen molar-refractivity contribution in [3.8, 4) is 0 Å². The van der Waals surface area contributed by atoms with E-state index in [4.69, 9.17) is 5.11 Å². The normalized spacial score (nSPS) is 17.8. The lowest BCUT2D eigenvalue weighted by molar-refractivity contribution is -0.137. The summed E-state index contributed by atoms with van der Waals surface area (Å²) in [6, 6.07) is 5.48. The van der Waals surface area contributed by atoms with Gasteiger partial charge in [-0.1, -0.05) is 12.1 Å². The minimum Gasteiger partial charge on any atom is -0.396 e. The number of aliphatic hydroxyl groups is 1. The summed E-state index contributed by atoms with van der Waals surface area (Å²) in [4.78, 5) is 2.27. The van der Waals surface area contributed by atoms with Gasteiger partial charge in [-0.15, -0.1) is 12.4 Å². The van der Waals surface area contributed by atoms with Crippen molar-refractivity contribution in [3.05, 3.63) is 35.4 Å². The quantitative estimate of drug-likeness (QED) is 0.866. The lowest BCUT2D eigenvalue weighted by atomic mass is 9.98. The molecule has 1 aromatic rings. The van der Waals surface area contributed by atoms with E-state index in [1.54, 1.807) is 12.1 Å². The Kier molecular flexibility index (Phi) is 7.62. The molecule has 1 atom stereocenters. The molecule has 1 aromatic carbocycles. The van der Waals surface area contributed by atoms with Crippen LogP contribution in [0, 0.1) is 0 Å². The van der Waals surface area contributed by atoms with Crippen LogP contribution < -0.4 is 5.32 Å². The van der Waals surface area contributed by atoms with Crippen LogP contribution >= 0.6 is 12.4 Å². The zero-order valence-electron chi connectivity index (χ0n) is 12.3. The summed E-state index contributed by atoms with van der Waals surface area (Å²) in [5.74, 6) is 0. The van der Waals surface area contributed by atoms with Gasteiger partial charge < -0.3 is 10.4 Å². The smallest absolute Gasteiger partial charge is 0.396 e. The molecular weight excluding hydrogens is 317 g/mol. The first-order valence-corrected chi connectivity index (χ1v) is 7.25. The van der Waals surface area contributed by atoms with Crippen LogP contribution in [0.1, 0.15) is 30.0 Å². The highest BCUT2D eigenvalue weighted by Gasteiger charge is 2.30. The number of aliphatic hydroxyl groups excluding tert-OH is 1. The number of benzene rings is 1. The molecule has 126 valence electrons. The number of nitrogens with one attached hydrogen (secondary N) is 1. The van der Waals surface area contributed by atoms with E-state index >= 15 is 0 Å². The SMILES string of the molecule is Cl.OCCC[C@@H](c1ccc(C(F)(F)F)cc1)N1CCNCC1. The molecule has 1 aliphatic heterocycles. The molecule has 2 N–H and O–H groups in total. The van der Waals surface area contributed by atoms with Gasteiger partial charge >= 0.3 is 6.18 Å². The fourth-order valence-electron chi connectivity index (χ4n) is 2.73. The molecule has 22 heavy (non-hydrogen) atoms. The first kappa shape index (κ1) is 19.2. The van der Waals surface area contributed by atoms with Crippen molar-refractivity contribution in [2.45, 2.75) is 25.1 Å². The Hall–Kier alpha value is -0.820. The Morgan fingerprint density at radius 3 is 2.23 bits per heavy atom. The number of halogens is 4. The van der Waals surface area contributed by atoms with Gasteiger partial charge in [-0.05, 0) is 30.5 Å². The Bertz CT molecular complexity index is 433. The summed E-state index contributed by atoms with van der Waals surface area (Å²) in [6.45, 7) is 3.62. The molecule has 0 amide bonds. The molecule has 0 aromatic heterocycles. The van der Waals surface area contributed by atoms with Crippen LogP contribution in [0.25, 0.3) is 0 Å². The van der Waals surface area contributed by atoms with Crippen LogP contribution in [0.2, 0.25) is 0 Å². The van der Waals surface area contributed by atoms with Crippen LogP contribution in [0.3, 0.4) is 0 Å². The van der Waals surface area contributed by atoms with Crippen LogP contribution in [-0.2, 0) is 6.18 Å². The molecule has 2 rings (SSSR count). The number of nitrogens with zero attached hydrogens (tertiary/aromatic N) is 1. The standard InChI is InChI=1S/C15H21F3N2O.ClH/c16-15(17,18)13-5-3-12(4-6-13)14(2-1-11-21)20-9-7-19-8-10-20;/h3-6,14,19,21H,1-2,7-11H2;1H/t14-;/m0./s1. The molecule has 1 heterocycles. The zero-order chi connectivity index (χ0) is 15.3. The van der Waals surface area contributed by atoms with E-state index in [9.17, 15) is 13.2 Å². The first-order valence-electron chi connectivity index (χ1n) is 7.25. The largest absolute Gasteiger partial charge is 0.416 e. The van der Waals surface area contributed by atoms with Gasteiger partial charge in [-0.3, -0.25) is 4.90 Å². The van der Waals surface area contributed by atoms with E-state index in [1.807, 2.05) is 0 Å². The van der Waals surface area contributed by atoms with Crippen molar-refractivity contribution < 1.29 is 18.3 Å². The lowest BCUT2D eigenvalue weighted by Gasteiger charge is -2.35. The highest BCUT2D eigenvalue weighted by molar-refractivity contribution is 5.85. The second-order valence-corrected chi connectivity index (χ2v) is 5.29. The van der Waals surface area contributed by atoms with Gasteiger partial charge in [0.25, 0.3) is 0 Å². The van der Waals surface area contributed by atoms with Crippen molar-refractivity contribution in [2.75, 3.05) is 32.8 Å². The van der Waals surface area contributed by atoms with Crippen molar-refractivity contribution in [2.24, 2.45) is 0 Å². The summed E-state index contributed by atoms with van der Waals surface area (Å²) in [5.41, 5.74) is 0.269. The van der Waals surface area contributed by atoms with E-state index in [1.165, 1.54) is 0 Å². The maximum absolute atomic E-state index is 12.6. The minimum absolute atomic E-state index is 0. The second kappa shape index (κ2) is 8.72. The van der Waals surface area contributed by atoms with Crippen molar-refractivity contribution in [1.29, 1.82) is 0 Å². The van der Waals surface area contributed by atoms with Gasteiger partial charge in [0.05, 0.1) is 5.56 Å². The predicted octanol–water partition coefficient (Wildman–Crippen LogP) is 2.85. The average molecular weight is 339 g/mol. The molecule has 0 unspecified atom stereocenters. The highest BCUT2D eigenvalue weighted by Crippen LogP contribution is 2.32. The predicted molar refractivity (Wildman–Crippen MR) is 82.2 cm³/mol. The number of hydrogen-bond acceptors (Lipinski definition) is 3. The maximum atomic E-state index is 12.6. The molecular formula is C15H22ClF3N2O. The van der Waals surface area contributed by atoms with Gasteiger partial charge in [-0.2, -0.15) is 13.2 Å². The average Bonchev–Trinajstić information content (AvgIpc) is 2.48. The van der Waals surface area contributed by atoms with Crippen LogP contribution in [-0.4, -0.2) is 42.8 Å². The summed E-state index contributed by atoms with van der Waals surface area (Å²) >= 11 is 0. The van der Waals surface area contributed by atoms with E-state index in [2.05, 4.69) is 10.2 Å². The Morgan fingerprint density at radius 2 is 1.73 bits per heavy atom. The highest BCUT2D eigenvalue weighted by atomic mass is 35.5. The zero-order valence-corrected chi connectivity index (χ0v) is 13.1. The fraction of sp³-hybridized carbons (Fsp3) is 0.600. The Balaban J connectivity index is 0.00000242. The molecule has 1 saturated heterocycles. The Labute approximate surface area is 134 Å². The third kappa shape index (κ3) is 5.12. The first-order chi connectivity index (χ1) is 10.0. The monoisotopic (exact) mass is 338 g/mol. The number of rotatable bonds is 5. The summed E-state index contributed by atoms with van der Waals surface area (Å²) in [5, 5.41) is 12.3. The minimum atomic E-state index is -4.30. The van der Waals surface area contributed by atoms with Gasteiger partial charge in [0.15, 0.2) is 0 Å². The molecule has 1 aliphatic rings. The summed E-state index contributed by atoms with van der Waals surface area (Å²) in [6.07, 6.45) is -2.90. The van der Waals surface area contributed by atoms with E-state index in [0.717, 1.165) is 50.3 Å². The van der Waals surface area contributed by atoms with Crippen molar-refractivity contribution in [3.63, 3.8) is 0 Å². The molecule has 1 fully saturated rings. The third-order valence-electron chi connectivity index (χ3n) is 3.85. The van der Waals surface area contributed by atoms with Crippen LogP contribution in [0.5, 0.6) is 0 Å². The number of alkyl halides is 3. The molecule has 0 radical (unpaired) electrons. The molecule has 3 nitrogen and oxygen atoms in total. The van der Waals surface area contributed by atoms with Gasteiger partial charge in [0.2, 0.25) is 0 Å². The van der Waals surface area contributed by atoms with Gasteiger partial charge in [0, 0.05) is 38.8 Å². The molecule has 0 spiro atoms. The number of piperazine rings is 1. The van der Waals surface area contributed by atoms with Gasteiger partial charge in [0.1, 0.15) is 0 Å². The molecule has 0 bridgehead atoms. The molecule has 7 heteroatoms.